The molecule has 0 spiro atoms. The Labute approximate surface area is 134 Å². The van der Waals surface area contributed by atoms with Gasteiger partial charge in [-0.15, -0.1) is 6.58 Å². The predicted molar refractivity (Wildman–Crippen MR) is 93.6 cm³/mol. The summed E-state index contributed by atoms with van der Waals surface area (Å²) in [5.74, 6) is 0.333. The van der Waals surface area contributed by atoms with E-state index in [1.54, 1.807) is 6.08 Å². The highest BCUT2D eigenvalue weighted by molar-refractivity contribution is 9.09. The predicted octanol–water partition coefficient (Wildman–Crippen LogP) is 6.45. The van der Waals surface area contributed by atoms with E-state index >= 15 is 0 Å². The molecule has 0 aromatic rings. The van der Waals surface area contributed by atoms with Gasteiger partial charge in [0.2, 0.25) is 0 Å². The fourth-order valence-electron chi connectivity index (χ4n) is 2.54. The van der Waals surface area contributed by atoms with Gasteiger partial charge in [0, 0.05) is 5.92 Å². The van der Waals surface area contributed by atoms with E-state index in [0.717, 1.165) is 12.8 Å². The van der Waals surface area contributed by atoms with Gasteiger partial charge in [0.15, 0.2) is 0 Å². The molecule has 0 heterocycles. The Kier molecular flexibility index (Phi) is 15.2. The number of alkyl halides is 1. The van der Waals surface area contributed by atoms with E-state index in [1.165, 1.54) is 64.2 Å². The maximum absolute atomic E-state index is 11.5. The monoisotopic (exact) mass is 344 g/mol. The number of allylic oxidation sites excluding steroid dienone is 1. The van der Waals surface area contributed by atoms with Gasteiger partial charge in [-0.2, -0.15) is 0 Å². The molecule has 0 aliphatic heterocycles. The van der Waals surface area contributed by atoms with Gasteiger partial charge in [-0.25, -0.2) is 0 Å². The number of carbonyl (C=O) groups is 1. The first-order valence-corrected chi connectivity index (χ1v) is 9.59. The van der Waals surface area contributed by atoms with Crippen molar-refractivity contribution in [3.05, 3.63) is 12.7 Å². The summed E-state index contributed by atoms with van der Waals surface area (Å²) in [5, 5.41) is 0.460. The van der Waals surface area contributed by atoms with Crippen LogP contribution < -0.4 is 0 Å². The molecule has 1 nitrogen and oxygen atoms in total. The number of hydrogen-bond acceptors (Lipinski definition) is 1. The van der Waals surface area contributed by atoms with Crippen LogP contribution in [0.15, 0.2) is 12.7 Å². The molecule has 2 heteroatoms. The molecule has 0 rings (SSSR count). The number of unbranched alkanes of at least 4 members (excludes halogenated alkanes) is 10. The first-order valence-electron chi connectivity index (χ1n) is 8.47. The second kappa shape index (κ2) is 15.3. The topological polar surface area (TPSA) is 17.1 Å². The molecular weight excluding hydrogens is 312 g/mol. The lowest BCUT2D eigenvalue weighted by atomic mass is 9.97. The smallest absolute Gasteiger partial charge is 0.150 e. The summed E-state index contributed by atoms with van der Waals surface area (Å²) >= 11 is 3.23. The summed E-state index contributed by atoms with van der Waals surface area (Å²) < 4.78 is 0. The highest BCUT2D eigenvalue weighted by Gasteiger charge is 2.12. The van der Waals surface area contributed by atoms with Gasteiger partial charge >= 0.3 is 0 Å². The molecule has 0 N–H and O–H groups in total. The lowest BCUT2D eigenvalue weighted by Crippen LogP contribution is -2.12. The molecule has 0 aromatic heterocycles. The van der Waals surface area contributed by atoms with Crippen LogP contribution in [0, 0.1) is 5.92 Å². The molecule has 0 amide bonds. The van der Waals surface area contributed by atoms with E-state index in [4.69, 9.17) is 0 Å². The van der Waals surface area contributed by atoms with Gasteiger partial charge < -0.3 is 0 Å². The number of halogens is 1. The molecule has 1 atom stereocenters. The number of rotatable bonds is 15. The maximum Gasteiger partial charge on any atom is 0.150 e. The van der Waals surface area contributed by atoms with Crippen LogP contribution in [-0.4, -0.2) is 11.1 Å². The zero-order chi connectivity index (χ0) is 15.1. The largest absolute Gasteiger partial charge is 0.298 e. The Morgan fingerprint density at radius 1 is 0.950 bits per heavy atom. The number of ketones is 1. The van der Waals surface area contributed by atoms with Crippen molar-refractivity contribution in [1.29, 1.82) is 0 Å². The minimum atomic E-state index is 0.0629. The third-order valence-corrected chi connectivity index (χ3v) is 4.50. The first kappa shape index (κ1) is 19.9. The van der Waals surface area contributed by atoms with Gasteiger partial charge in [0.1, 0.15) is 5.78 Å². The van der Waals surface area contributed by atoms with Crippen molar-refractivity contribution in [3.8, 4) is 0 Å². The highest BCUT2D eigenvalue weighted by Crippen LogP contribution is 2.16. The molecule has 20 heavy (non-hydrogen) atoms. The average Bonchev–Trinajstić information content (AvgIpc) is 2.48. The summed E-state index contributed by atoms with van der Waals surface area (Å²) in [6.07, 6.45) is 17.7. The molecule has 1 unspecified atom stereocenters. The average molecular weight is 345 g/mol. The SMILES string of the molecule is C=CC(CCCCCCCCCCCCC)C(=O)CBr. The lowest BCUT2D eigenvalue weighted by molar-refractivity contribution is -0.119. The minimum absolute atomic E-state index is 0.0629. The fraction of sp³-hybridized carbons (Fsp3) is 0.833. The van der Waals surface area contributed by atoms with E-state index in [2.05, 4.69) is 29.4 Å². The normalized spacial score (nSPS) is 12.3. The van der Waals surface area contributed by atoms with Crippen molar-refractivity contribution in [2.24, 2.45) is 5.92 Å². The molecule has 0 saturated heterocycles. The van der Waals surface area contributed by atoms with Crippen LogP contribution in [0.2, 0.25) is 0 Å². The minimum Gasteiger partial charge on any atom is -0.298 e. The lowest BCUT2D eigenvalue weighted by Gasteiger charge is -2.09. The standard InChI is InChI=1S/C18H33BrO/c1-3-5-6-7-8-9-10-11-12-13-14-15-17(4-2)18(20)16-19/h4,17H,2-3,5-16H2,1H3. The number of Topliss-reactive ketones (excluding diaryl/α,β-unsaturated/α-hetero) is 1. The Bertz CT molecular complexity index is 238. The zero-order valence-electron chi connectivity index (χ0n) is 13.3. The first-order chi connectivity index (χ1) is 9.76. The highest BCUT2D eigenvalue weighted by atomic mass is 79.9. The van der Waals surface area contributed by atoms with Gasteiger partial charge in [0.05, 0.1) is 5.33 Å². The van der Waals surface area contributed by atoms with Crippen molar-refractivity contribution in [2.75, 3.05) is 5.33 Å². The van der Waals surface area contributed by atoms with Crippen LogP contribution in [0.1, 0.15) is 84.0 Å². The quantitative estimate of drug-likeness (QED) is 0.189. The maximum atomic E-state index is 11.5. The van der Waals surface area contributed by atoms with E-state index < -0.39 is 0 Å². The second-order valence-electron chi connectivity index (χ2n) is 5.77. The van der Waals surface area contributed by atoms with Crippen LogP contribution in [0.5, 0.6) is 0 Å². The van der Waals surface area contributed by atoms with Gasteiger partial charge in [-0.1, -0.05) is 99.6 Å². The molecule has 0 saturated carbocycles. The van der Waals surface area contributed by atoms with Crippen molar-refractivity contribution >= 4 is 21.7 Å². The van der Waals surface area contributed by atoms with Gasteiger partial charge in [-0.3, -0.25) is 4.79 Å². The summed E-state index contributed by atoms with van der Waals surface area (Å²) in [5.41, 5.74) is 0. The van der Waals surface area contributed by atoms with Crippen LogP contribution in [0.3, 0.4) is 0 Å². The van der Waals surface area contributed by atoms with E-state index in [1.807, 2.05) is 0 Å². The molecule has 0 fully saturated rings. The Balaban J connectivity index is 3.27. The van der Waals surface area contributed by atoms with Gasteiger partial charge in [0.25, 0.3) is 0 Å². The Hall–Kier alpha value is -0.110. The molecular formula is C18H33BrO. The van der Waals surface area contributed by atoms with Crippen LogP contribution in [0.25, 0.3) is 0 Å². The molecule has 118 valence electrons. The second-order valence-corrected chi connectivity index (χ2v) is 6.33. The van der Waals surface area contributed by atoms with Gasteiger partial charge in [-0.05, 0) is 6.42 Å². The van der Waals surface area contributed by atoms with Crippen LogP contribution in [0.4, 0.5) is 0 Å². The van der Waals surface area contributed by atoms with E-state index in [9.17, 15) is 4.79 Å². The number of carbonyl (C=O) groups excluding carboxylic acids is 1. The molecule has 0 aliphatic carbocycles. The Morgan fingerprint density at radius 3 is 1.80 bits per heavy atom. The van der Waals surface area contributed by atoms with E-state index in [0.29, 0.717) is 5.33 Å². The summed E-state index contributed by atoms with van der Waals surface area (Å²) in [4.78, 5) is 11.5. The summed E-state index contributed by atoms with van der Waals surface area (Å²) in [7, 11) is 0. The van der Waals surface area contributed by atoms with Crippen molar-refractivity contribution in [2.45, 2.75) is 84.0 Å². The molecule has 0 aromatic carbocycles. The fourth-order valence-corrected chi connectivity index (χ4v) is 2.95. The Morgan fingerprint density at radius 2 is 1.40 bits per heavy atom. The molecule has 0 radical (unpaired) electrons. The van der Waals surface area contributed by atoms with Crippen molar-refractivity contribution in [3.63, 3.8) is 0 Å². The number of hydrogen-bond donors (Lipinski definition) is 0. The summed E-state index contributed by atoms with van der Waals surface area (Å²) in [6, 6.07) is 0. The molecule has 0 bridgehead atoms. The molecule has 0 aliphatic rings. The zero-order valence-corrected chi connectivity index (χ0v) is 14.9. The van der Waals surface area contributed by atoms with Crippen LogP contribution in [-0.2, 0) is 4.79 Å². The van der Waals surface area contributed by atoms with Crippen molar-refractivity contribution in [1.82, 2.24) is 0 Å². The van der Waals surface area contributed by atoms with Crippen LogP contribution >= 0.6 is 15.9 Å². The third-order valence-electron chi connectivity index (χ3n) is 3.95. The van der Waals surface area contributed by atoms with Crippen molar-refractivity contribution < 1.29 is 4.79 Å². The summed E-state index contributed by atoms with van der Waals surface area (Å²) in [6.45, 7) is 6.02. The van der Waals surface area contributed by atoms with E-state index in [-0.39, 0.29) is 11.7 Å². The third kappa shape index (κ3) is 11.7.